The van der Waals surface area contributed by atoms with Crippen LogP contribution in [0.3, 0.4) is 0 Å². The molecule has 2 aromatic carbocycles. The first-order valence-electron chi connectivity index (χ1n) is 7.03. The van der Waals surface area contributed by atoms with Crippen molar-refractivity contribution < 1.29 is 8.42 Å². The molecule has 3 aromatic rings. The highest BCUT2D eigenvalue weighted by molar-refractivity contribution is 7.94. The number of aryl methyl sites for hydroxylation is 1. The number of anilines is 3. The highest BCUT2D eigenvalue weighted by Gasteiger charge is 2.14. The van der Waals surface area contributed by atoms with Crippen molar-refractivity contribution >= 4 is 38.4 Å². The Hall–Kier alpha value is -2.31. The van der Waals surface area contributed by atoms with Gasteiger partial charge in [-0.2, -0.15) is 0 Å². The standard InChI is InChI=1S/C17H16N2O2S2/c1-13-4-6-14(7-5-13)18-15-8-10-16(11-9-15)19-23(20,21)17-3-2-12-22-17/h2-12,18-19H,1H3. The molecule has 1 aromatic heterocycles. The maximum Gasteiger partial charge on any atom is 0.271 e. The molecule has 0 bridgehead atoms. The molecule has 0 atom stereocenters. The fourth-order valence-electron chi connectivity index (χ4n) is 2.05. The first-order chi connectivity index (χ1) is 11.0. The second-order valence-electron chi connectivity index (χ2n) is 5.11. The van der Waals surface area contributed by atoms with E-state index in [1.165, 1.54) is 16.9 Å². The van der Waals surface area contributed by atoms with Gasteiger partial charge in [-0.1, -0.05) is 23.8 Å². The van der Waals surface area contributed by atoms with E-state index in [0.717, 1.165) is 11.4 Å². The topological polar surface area (TPSA) is 58.2 Å². The number of nitrogens with one attached hydrogen (secondary N) is 2. The fourth-order valence-corrected chi connectivity index (χ4v) is 4.10. The van der Waals surface area contributed by atoms with Gasteiger partial charge in [0.2, 0.25) is 0 Å². The number of hydrogen-bond acceptors (Lipinski definition) is 4. The molecule has 3 rings (SSSR count). The molecular weight excluding hydrogens is 328 g/mol. The Morgan fingerprint density at radius 1 is 0.826 bits per heavy atom. The average Bonchev–Trinajstić information content (AvgIpc) is 3.07. The zero-order chi connectivity index (χ0) is 16.3. The van der Waals surface area contributed by atoms with Crippen LogP contribution in [0.4, 0.5) is 17.1 Å². The zero-order valence-corrected chi connectivity index (χ0v) is 14.1. The molecule has 0 aliphatic carbocycles. The van der Waals surface area contributed by atoms with E-state index < -0.39 is 10.0 Å². The lowest BCUT2D eigenvalue weighted by Gasteiger charge is -2.09. The zero-order valence-electron chi connectivity index (χ0n) is 12.5. The molecule has 1 heterocycles. The largest absolute Gasteiger partial charge is 0.356 e. The number of rotatable bonds is 5. The van der Waals surface area contributed by atoms with Gasteiger partial charge in [0.1, 0.15) is 4.21 Å². The predicted octanol–water partition coefficient (Wildman–Crippen LogP) is 4.60. The van der Waals surface area contributed by atoms with E-state index in [1.54, 1.807) is 29.6 Å². The molecule has 0 saturated carbocycles. The van der Waals surface area contributed by atoms with Gasteiger partial charge < -0.3 is 5.32 Å². The molecule has 0 amide bonds. The van der Waals surface area contributed by atoms with Crippen LogP contribution in [0, 0.1) is 6.92 Å². The van der Waals surface area contributed by atoms with Gasteiger partial charge in [0.05, 0.1) is 0 Å². The third-order valence-electron chi connectivity index (χ3n) is 3.24. The number of hydrogen-bond donors (Lipinski definition) is 2. The molecule has 0 aliphatic rings. The molecule has 0 fully saturated rings. The Balaban J connectivity index is 1.71. The minimum absolute atomic E-state index is 0.305. The van der Waals surface area contributed by atoms with Crippen molar-refractivity contribution in [1.29, 1.82) is 0 Å². The normalized spacial score (nSPS) is 11.2. The van der Waals surface area contributed by atoms with Gasteiger partial charge >= 0.3 is 0 Å². The summed E-state index contributed by atoms with van der Waals surface area (Å²) in [6.07, 6.45) is 0. The molecule has 0 radical (unpaired) electrons. The van der Waals surface area contributed by atoms with Crippen LogP contribution in [0.25, 0.3) is 0 Å². The van der Waals surface area contributed by atoms with Crippen LogP contribution in [0.5, 0.6) is 0 Å². The second kappa shape index (κ2) is 6.44. The number of thiophene rings is 1. The van der Waals surface area contributed by atoms with Crippen LogP contribution < -0.4 is 10.0 Å². The highest BCUT2D eigenvalue weighted by atomic mass is 32.2. The third-order valence-corrected chi connectivity index (χ3v) is 6.02. The lowest BCUT2D eigenvalue weighted by molar-refractivity contribution is 0.603. The predicted molar refractivity (Wildman–Crippen MR) is 96.0 cm³/mol. The lowest BCUT2D eigenvalue weighted by atomic mass is 10.2. The van der Waals surface area contributed by atoms with Crippen molar-refractivity contribution in [1.82, 2.24) is 0 Å². The summed E-state index contributed by atoms with van der Waals surface area (Å²) < 4.78 is 27.2. The van der Waals surface area contributed by atoms with Crippen LogP contribution in [0.15, 0.2) is 70.3 Å². The summed E-state index contributed by atoms with van der Waals surface area (Å²) >= 11 is 1.19. The maximum atomic E-state index is 12.2. The van der Waals surface area contributed by atoms with Crippen molar-refractivity contribution in [2.45, 2.75) is 11.1 Å². The minimum Gasteiger partial charge on any atom is -0.356 e. The lowest BCUT2D eigenvalue weighted by Crippen LogP contribution is -2.11. The summed E-state index contributed by atoms with van der Waals surface area (Å²) in [7, 11) is -3.50. The van der Waals surface area contributed by atoms with Crippen LogP contribution >= 0.6 is 11.3 Å². The summed E-state index contributed by atoms with van der Waals surface area (Å²) in [4.78, 5) is 0. The Kier molecular flexibility index (Phi) is 4.36. The molecule has 0 unspecified atom stereocenters. The summed E-state index contributed by atoms with van der Waals surface area (Å²) in [5.74, 6) is 0. The van der Waals surface area contributed by atoms with Gasteiger partial charge in [-0.3, -0.25) is 4.72 Å². The summed E-state index contributed by atoms with van der Waals surface area (Å²) in [5, 5.41) is 5.01. The summed E-state index contributed by atoms with van der Waals surface area (Å²) in [6.45, 7) is 2.04. The van der Waals surface area contributed by atoms with Crippen LogP contribution in [0.2, 0.25) is 0 Å². The fraction of sp³-hybridized carbons (Fsp3) is 0.0588. The molecule has 0 saturated heterocycles. The van der Waals surface area contributed by atoms with Gasteiger partial charge in [-0.05, 0) is 54.8 Å². The molecule has 4 nitrogen and oxygen atoms in total. The monoisotopic (exact) mass is 344 g/mol. The van der Waals surface area contributed by atoms with E-state index >= 15 is 0 Å². The summed E-state index contributed by atoms with van der Waals surface area (Å²) in [6, 6.07) is 18.5. The van der Waals surface area contributed by atoms with Crippen molar-refractivity contribution in [2.75, 3.05) is 10.0 Å². The third kappa shape index (κ3) is 3.91. The van der Waals surface area contributed by atoms with Gasteiger partial charge in [-0.25, -0.2) is 8.42 Å². The van der Waals surface area contributed by atoms with Gasteiger partial charge in [-0.15, -0.1) is 11.3 Å². The van der Waals surface area contributed by atoms with E-state index in [0.29, 0.717) is 9.90 Å². The van der Waals surface area contributed by atoms with Crippen LogP contribution in [0.1, 0.15) is 5.56 Å². The number of sulfonamides is 1. The second-order valence-corrected chi connectivity index (χ2v) is 7.96. The van der Waals surface area contributed by atoms with Gasteiger partial charge in [0.25, 0.3) is 10.0 Å². The van der Waals surface area contributed by atoms with Crippen molar-refractivity contribution in [2.24, 2.45) is 0 Å². The number of benzene rings is 2. The van der Waals surface area contributed by atoms with Crippen LogP contribution in [-0.2, 0) is 10.0 Å². The molecule has 6 heteroatoms. The first kappa shape index (κ1) is 15.6. The SMILES string of the molecule is Cc1ccc(Nc2ccc(NS(=O)(=O)c3cccs3)cc2)cc1. The molecule has 2 N–H and O–H groups in total. The van der Waals surface area contributed by atoms with Crippen molar-refractivity contribution in [3.63, 3.8) is 0 Å². The Bertz CT molecular complexity index is 869. The Morgan fingerprint density at radius 3 is 1.96 bits per heavy atom. The maximum absolute atomic E-state index is 12.2. The Morgan fingerprint density at radius 2 is 1.39 bits per heavy atom. The van der Waals surface area contributed by atoms with Crippen LogP contribution in [-0.4, -0.2) is 8.42 Å². The highest BCUT2D eigenvalue weighted by Crippen LogP contribution is 2.23. The molecular formula is C17H16N2O2S2. The van der Waals surface area contributed by atoms with Gasteiger partial charge in [0.15, 0.2) is 0 Å². The quantitative estimate of drug-likeness (QED) is 0.711. The van der Waals surface area contributed by atoms with E-state index in [1.807, 2.05) is 43.3 Å². The Labute approximate surface area is 139 Å². The molecule has 118 valence electrons. The molecule has 0 spiro atoms. The van der Waals surface area contributed by atoms with E-state index in [-0.39, 0.29) is 0 Å². The minimum atomic E-state index is -3.50. The molecule has 23 heavy (non-hydrogen) atoms. The van der Waals surface area contributed by atoms with Crippen molar-refractivity contribution in [3.05, 3.63) is 71.6 Å². The van der Waals surface area contributed by atoms with E-state index in [2.05, 4.69) is 10.0 Å². The molecule has 0 aliphatic heterocycles. The van der Waals surface area contributed by atoms with Crippen molar-refractivity contribution in [3.8, 4) is 0 Å². The van der Waals surface area contributed by atoms with E-state index in [4.69, 9.17) is 0 Å². The van der Waals surface area contributed by atoms with E-state index in [9.17, 15) is 8.42 Å². The first-order valence-corrected chi connectivity index (χ1v) is 9.39. The average molecular weight is 344 g/mol. The summed E-state index contributed by atoms with van der Waals surface area (Å²) in [5.41, 5.74) is 3.62. The van der Waals surface area contributed by atoms with Gasteiger partial charge in [0, 0.05) is 17.1 Å². The smallest absolute Gasteiger partial charge is 0.271 e.